The van der Waals surface area contributed by atoms with Gasteiger partial charge in [0.15, 0.2) is 0 Å². The van der Waals surface area contributed by atoms with Gasteiger partial charge in [-0.1, -0.05) is 0 Å². The smallest absolute Gasteiger partial charge is 0.333 e. The molecule has 1 aliphatic heterocycles. The highest BCUT2D eigenvalue weighted by atomic mass is 19.3. The summed E-state index contributed by atoms with van der Waals surface area (Å²) in [6.45, 7) is 7.19. The number of carbonyl (C=O) groups is 2. The van der Waals surface area contributed by atoms with E-state index in [2.05, 4.69) is 20.1 Å². The Morgan fingerprint density at radius 1 is 1.40 bits per heavy atom. The fourth-order valence-electron chi connectivity index (χ4n) is 3.15. The maximum absolute atomic E-state index is 13.9. The number of hydrogen-bond donors (Lipinski definition) is 2. The fourth-order valence-corrected chi connectivity index (χ4v) is 3.15. The highest BCUT2D eigenvalue weighted by Crippen LogP contribution is 2.37. The molecule has 30 heavy (non-hydrogen) atoms. The average Bonchev–Trinajstić information content (AvgIpc) is 3.05. The molecule has 0 aliphatic carbocycles. The summed E-state index contributed by atoms with van der Waals surface area (Å²) in [5.41, 5.74) is 5.89. The predicted molar refractivity (Wildman–Crippen MR) is 102 cm³/mol. The van der Waals surface area contributed by atoms with Crippen LogP contribution in [0.5, 0.6) is 5.75 Å². The quantitative estimate of drug-likeness (QED) is 0.401. The van der Waals surface area contributed by atoms with Gasteiger partial charge in [0.25, 0.3) is 11.8 Å². The number of nitrogens with zero attached hydrogens (tertiary/aromatic N) is 4. The van der Waals surface area contributed by atoms with Gasteiger partial charge in [0.1, 0.15) is 17.8 Å². The molecule has 2 heterocycles. The maximum Gasteiger partial charge on any atom is 0.333 e. The molecule has 0 bridgehead atoms. The first-order valence-corrected chi connectivity index (χ1v) is 9.30. The summed E-state index contributed by atoms with van der Waals surface area (Å²) < 4.78 is 33.4. The van der Waals surface area contributed by atoms with Crippen LogP contribution in [0.15, 0.2) is 24.5 Å². The number of amides is 2. The molecule has 11 heteroatoms. The van der Waals surface area contributed by atoms with Crippen molar-refractivity contribution in [3.63, 3.8) is 0 Å². The van der Waals surface area contributed by atoms with Crippen molar-refractivity contribution in [2.45, 2.75) is 31.5 Å². The van der Waals surface area contributed by atoms with Crippen LogP contribution in [-0.4, -0.2) is 58.6 Å². The lowest BCUT2D eigenvalue weighted by Gasteiger charge is -2.23. The highest BCUT2D eigenvalue weighted by Gasteiger charge is 2.53. The number of ether oxygens (including phenoxy) is 1. The molecule has 2 amide bonds. The molecule has 9 nitrogen and oxygen atoms in total. The molecule has 0 saturated carbocycles. The topological polar surface area (TPSA) is 115 Å². The molecule has 0 unspecified atom stereocenters. The second-order valence-electron chi connectivity index (χ2n) is 6.65. The molecule has 0 radical (unpaired) electrons. The molecule has 3 N–H and O–H groups in total. The van der Waals surface area contributed by atoms with Crippen LogP contribution in [0.25, 0.3) is 15.7 Å². The summed E-state index contributed by atoms with van der Waals surface area (Å²) in [6, 6.07) is 1.53. The number of halogens is 2. The Morgan fingerprint density at radius 3 is 2.93 bits per heavy atom. The van der Waals surface area contributed by atoms with Crippen molar-refractivity contribution >= 4 is 22.7 Å². The molecule has 2 aromatic rings. The third-order valence-electron chi connectivity index (χ3n) is 4.61. The Balaban J connectivity index is 1.74. The van der Waals surface area contributed by atoms with Crippen LogP contribution in [0.3, 0.4) is 0 Å². The number of fused-ring (bicyclic) bond motifs is 1. The van der Waals surface area contributed by atoms with Crippen molar-refractivity contribution in [3.8, 4) is 5.75 Å². The van der Waals surface area contributed by atoms with Crippen molar-refractivity contribution in [3.05, 3.63) is 41.6 Å². The van der Waals surface area contributed by atoms with Gasteiger partial charge in [-0.2, -0.15) is 8.78 Å². The van der Waals surface area contributed by atoms with Gasteiger partial charge < -0.3 is 15.8 Å². The molecular weight excluding hydrogens is 398 g/mol. The molecule has 158 valence electrons. The van der Waals surface area contributed by atoms with Gasteiger partial charge in [0.2, 0.25) is 0 Å². The van der Waals surface area contributed by atoms with Crippen molar-refractivity contribution in [1.82, 2.24) is 20.2 Å². The van der Waals surface area contributed by atoms with E-state index in [-0.39, 0.29) is 17.0 Å². The lowest BCUT2D eigenvalue weighted by molar-refractivity contribution is -0.165. The summed E-state index contributed by atoms with van der Waals surface area (Å²) in [6.07, 6.45) is -0.0796. The van der Waals surface area contributed by atoms with Gasteiger partial charge in [-0.05, 0) is 31.2 Å². The summed E-state index contributed by atoms with van der Waals surface area (Å²) in [5.74, 6) is -1.26. The van der Waals surface area contributed by atoms with E-state index in [0.717, 1.165) is 0 Å². The van der Waals surface area contributed by atoms with Crippen molar-refractivity contribution in [2.24, 2.45) is 5.73 Å². The van der Waals surface area contributed by atoms with Crippen molar-refractivity contribution in [2.75, 3.05) is 19.7 Å². The van der Waals surface area contributed by atoms with Gasteiger partial charge in [0.05, 0.1) is 25.1 Å². The number of benzene rings is 1. The number of hydrogen-bond acceptors (Lipinski definition) is 6. The summed E-state index contributed by atoms with van der Waals surface area (Å²) in [4.78, 5) is 36.2. The van der Waals surface area contributed by atoms with E-state index in [1.165, 1.54) is 6.33 Å². The molecule has 1 atom stereocenters. The van der Waals surface area contributed by atoms with Gasteiger partial charge in [-0.25, -0.2) is 21.4 Å². The number of aromatic nitrogens is 2. The second-order valence-corrected chi connectivity index (χ2v) is 6.65. The van der Waals surface area contributed by atoms with E-state index >= 15 is 0 Å². The number of nitrogens with one attached hydrogen (secondary N) is 1. The first-order chi connectivity index (χ1) is 14.4. The number of carbonyl (C=O) groups excluding carboxylic acids is 2. The third kappa shape index (κ3) is 4.44. The van der Waals surface area contributed by atoms with Gasteiger partial charge in [0, 0.05) is 11.8 Å². The van der Waals surface area contributed by atoms with Gasteiger partial charge >= 0.3 is 12.2 Å². The molecule has 1 saturated heterocycles. The maximum atomic E-state index is 13.9. The highest BCUT2D eigenvalue weighted by molar-refractivity contribution is 6.05. The van der Waals surface area contributed by atoms with Crippen LogP contribution in [0.2, 0.25) is 0 Å². The molecule has 1 aromatic heterocycles. The van der Waals surface area contributed by atoms with E-state index in [1.54, 1.807) is 18.2 Å². The summed E-state index contributed by atoms with van der Waals surface area (Å²) in [7, 11) is 0. The van der Waals surface area contributed by atoms with Crippen LogP contribution in [0.4, 0.5) is 8.78 Å². The zero-order valence-corrected chi connectivity index (χ0v) is 16.0. The molecular formula is C19H20F2N6O3. The molecule has 1 fully saturated rings. The zero-order chi connectivity index (χ0) is 21.7. The molecule has 3 rings (SSSR count). The number of nitrogens with two attached hydrogens (primary N) is 1. The average molecular weight is 418 g/mol. The predicted octanol–water partition coefficient (Wildman–Crippen LogP) is 1.55. The lowest BCUT2D eigenvalue weighted by atomic mass is 10.1. The van der Waals surface area contributed by atoms with E-state index < -0.39 is 37.0 Å². The number of likely N-dealkylation sites (tertiary alicyclic amines) is 1. The standard InChI is InChI=1S/C19H20F2N6O3/c1-23-15-5-6-19(20,21)27(15)16(28)10-24-18(29)17-13-9-12(30-8-2-7-22)3-4-14(13)25-11-26-17/h3-4,9,11,15H,2,5-8,10,22H2,(H,24,29)/t15-/m0/s1. The van der Waals surface area contributed by atoms with Crippen LogP contribution in [0, 0.1) is 6.57 Å². The van der Waals surface area contributed by atoms with Gasteiger partial charge in [-0.15, -0.1) is 0 Å². The minimum absolute atomic E-state index is 0.0213. The summed E-state index contributed by atoms with van der Waals surface area (Å²) >= 11 is 0. The Labute approximate surface area is 171 Å². The number of alkyl halides is 2. The van der Waals surface area contributed by atoms with Gasteiger partial charge in [-0.3, -0.25) is 14.4 Å². The van der Waals surface area contributed by atoms with E-state index in [1.807, 2.05) is 0 Å². The van der Waals surface area contributed by atoms with E-state index in [4.69, 9.17) is 17.0 Å². The number of rotatable bonds is 7. The van der Waals surface area contributed by atoms with Crippen molar-refractivity contribution in [1.29, 1.82) is 0 Å². The molecule has 1 aromatic carbocycles. The Morgan fingerprint density at radius 2 is 2.20 bits per heavy atom. The second kappa shape index (κ2) is 8.96. The van der Waals surface area contributed by atoms with E-state index in [9.17, 15) is 18.4 Å². The monoisotopic (exact) mass is 418 g/mol. The van der Waals surface area contributed by atoms with Crippen LogP contribution in [0.1, 0.15) is 29.8 Å². The minimum atomic E-state index is -3.41. The Hall–Kier alpha value is -3.39. The first kappa shape index (κ1) is 21.3. The Kier molecular flexibility index (Phi) is 6.37. The zero-order valence-electron chi connectivity index (χ0n) is 16.0. The fraction of sp³-hybridized carbons (Fsp3) is 0.421. The summed E-state index contributed by atoms with van der Waals surface area (Å²) in [5, 5.41) is 2.70. The van der Waals surface area contributed by atoms with Crippen LogP contribution < -0.4 is 15.8 Å². The van der Waals surface area contributed by atoms with Crippen LogP contribution in [-0.2, 0) is 4.79 Å². The Bertz CT molecular complexity index is 994. The SMILES string of the molecule is [C-]#[N+][C@@H]1CCC(F)(F)N1C(=O)CNC(=O)c1ncnc2ccc(OCCCN)cc12. The van der Waals surface area contributed by atoms with E-state index in [0.29, 0.717) is 36.2 Å². The largest absolute Gasteiger partial charge is 0.494 e. The minimum Gasteiger partial charge on any atom is -0.494 e. The molecule has 0 spiro atoms. The van der Waals surface area contributed by atoms with Crippen molar-refractivity contribution < 1.29 is 23.1 Å². The van der Waals surface area contributed by atoms with Crippen LogP contribution >= 0.6 is 0 Å². The lowest BCUT2D eigenvalue weighted by Crippen LogP contribution is -2.48. The first-order valence-electron chi connectivity index (χ1n) is 9.30. The molecule has 1 aliphatic rings. The third-order valence-corrected chi connectivity index (χ3v) is 4.61. The normalized spacial score (nSPS) is 17.5.